The molecule has 0 aliphatic heterocycles. The number of hydrogen-bond acceptors (Lipinski definition) is 3. The Morgan fingerprint density at radius 3 is 2.53 bits per heavy atom. The fraction of sp³-hybridized carbons (Fsp3) is 0.318. The lowest BCUT2D eigenvalue weighted by Gasteiger charge is -2.19. The van der Waals surface area contributed by atoms with E-state index in [1.165, 1.54) is 6.92 Å². The van der Waals surface area contributed by atoms with Gasteiger partial charge in [-0.1, -0.05) is 17.7 Å². The van der Waals surface area contributed by atoms with Gasteiger partial charge in [-0.25, -0.2) is 0 Å². The standard InChI is InChI=1S/C22H20ClF3N2O2/c1-12-8-14(22(24,25)26)9-21(30)16(12)4-5-20(29)18-11-15(23)10-17(13(18)2)19-6-7-27-28(19)3/h6-8,10-11H,4-5,9H2,1-3H3. The summed E-state index contributed by atoms with van der Waals surface area (Å²) in [6.45, 7) is 3.27. The number of carbonyl (C=O) groups is 2. The topological polar surface area (TPSA) is 52.0 Å². The summed E-state index contributed by atoms with van der Waals surface area (Å²) in [6, 6.07) is 5.14. The van der Waals surface area contributed by atoms with Crippen LogP contribution in [0.2, 0.25) is 5.02 Å². The molecule has 1 heterocycles. The minimum atomic E-state index is -4.53. The number of ketones is 2. The second-order valence-electron chi connectivity index (χ2n) is 7.32. The van der Waals surface area contributed by atoms with Crippen LogP contribution in [-0.2, 0) is 11.8 Å². The maximum atomic E-state index is 12.9. The molecule has 0 saturated heterocycles. The van der Waals surface area contributed by atoms with Crippen LogP contribution in [0.15, 0.2) is 47.2 Å². The van der Waals surface area contributed by atoms with Crippen LogP contribution in [0, 0.1) is 6.92 Å². The normalized spacial score (nSPS) is 14.9. The molecule has 30 heavy (non-hydrogen) atoms. The van der Waals surface area contributed by atoms with Gasteiger partial charge in [-0.15, -0.1) is 0 Å². The van der Waals surface area contributed by atoms with E-state index in [0.29, 0.717) is 10.6 Å². The lowest BCUT2D eigenvalue weighted by Crippen LogP contribution is -2.21. The predicted molar refractivity (Wildman–Crippen MR) is 108 cm³/mol. The highest BCUT2D eigenvalue weighted by Crippen LogP contribution is 2.35. The molecule has 1 aromatic carbocycles. The van der Waals surface area contributed by atoms with E-state index in [1.54, 1.807) is 37.0 Å². The van der Waals surface area contributed by atoms with Crippen LogP contribution in [0.1, 0.15) is 42.1 Å². The van der Waals surface area contributed by atoms with Crippen molar-refractivity contribution in [2.24, 2.45) is 7.05 Å². The molecular weight excluding hydrogens is 417 g/mol. The van der Waals surface area contributed by atoms with Gasteiger partial charge < -0.3 is 0 Å². The first kappa shape index (κ1) is 22.0. The highest BCUT2D eigenvalue weighted by atomic mass is 35.5. The van der Waals surface area contributed by atoms with Gasteiger partial charge in [-0.05, 0) is 55.2 Å². The SMILES string of the molecule is CC1=C(CCC(=O)c2cc(Cl)cc(-c3ccnn3C)c2C)C(=O)CC(C(F)(F)F)=C1. The molecule has 0 atom stereocenters. The third kappa shape index (κ3) is 4.41. The first-order chi connectivity index (χ1) is 14.0. The molecule has 0 fully saturated rings. The summed E-state index contributed by atoms with van der Waals surface area (Å²) in [4.78, 5) is 25.1. The van der Waals surface area contributed by atoms with E-state index < -0.39 is 24.0 Å². The molecule has 158 valence electrons. The fourth-order valence-corrected chi connectivity index (χ4v) is 3.88. The van der Waals surface area contributed by atoms with E-state index in [0.717, 1.165) is 22.9 Å². The highest BCUT2D eigenvalue weighted by Gasteiger charge is 2.37. The van der Waals surface area contributed by atoms with Crippen LogP contribution >= 0.6 is 11.6 Å². The van der Waals surface area contributed by atoms with Crippen LogP contribution in [0.4, 0.5) is 13.2 Å². The Morgan fingerprint density at radius 1 is 1.27 bits per heavy atom. The van der Waals surface area contributed by atoms with E-state index in [4.69, 9.17) is 11.6 Å². The smallest absolute Gasteiger partial charge is 0.294 e. The van der Waals surface area contributed by atoms with Crippen molar-refractivity contribution in [3.63, 3.8) is 0 Å². The Bertz CT molecular complexity index is 1090. The van der Waals surface area contributed by atoms with Crippen LogP contribution in [-0.4, -0.2) is 27.5 Å². The molecular formula is C22H20ClF3N2O2. The number of alkyl halides is 3. The summed E-state index contributed by atoms with van der Waals surface area (Å²) in [5.41, 5.74) is 2.39. The Balaban J connectivity index is 1.86. The first-order valence-electron chi connectivity index (χ1n) is 9.31. The second kappa shape index (κ2) is 8.22. The van der Waals surface area contributed by atoms with E-state index in [1.807, 2.05) is 6.07 Å². The number of carbonyl (C=O) groups excluding carboxylic acids is 2. The minimum Gasteiger partial charge on any atom is -0.294 e. The summed E-state index contributed by atoms with van der Waals surface area (Å²) in [7, 11) is 1.78. The summed E-state index contributed by atoms with van der Waals surface area (Å²) in [5.74, 6) is -0.814. The Morgan fingerprint density at radius 2 is 1.97 bits per heavy atom. The van der Waals surface area contributed by atoms with Gasteiger partial charge in [-0.3, -0.25) is 14.3 Å². The highest BCUT2D eigenvalue weighted by molar-refractivity contribution is 6.31. The number of benzene rings is 1. The second-order valence-corrected chi connectivity index (χ2v) is 7.75. The van der Waals surface area contributed by atoms with Crippen molar-refractivity contribution >= 4 is 23.2 Å². The molecule has 8 heteroatoms. The molecule has 2 aromatic rings. The zero-order valence-corrected chi connectivity index (χ0v) is 17.5. The van der Waals surface area contributed by atoms with Crippen LogP contribution in [0.5, 0.6) is 0 Å². The number of Topliss-reactive ketones (excluding diaryl/α,β-unsaturated/α-hetero) is 2. The third-order valence-electron chi connectivity index (χ3n) is 5.29. The summed E-state index contributed by atoms with van der Waals surface area (Å²) < 4.78 is 40.4. The zero-order valence-electron chi connectivity index (χ0n) is 16.7. The number of hydrogen-bond donors (Lipinski definition) is 0. The molecule has 0 spiro atoms. The number of aryl methyl sites for hydroxylation is 1. The van der Waals surface area contributed by atoms with Gasteiger partial charge in [0.1, 0.15) is 0 Å². The quantitative estimate of drug-likeness (QED) is 0.557. The molecule has 0 saturated carbocycles. The maximum absolute atomic E-state index is 12.9. The number of aromatic nitrogens is 2. The van der Waals surface area contributed by atoms with Gasteiger partial charge in [0, 0.05) is 47.8 Å². The first-order valence-corrected chi connectivity index (χ1v) is 9.69. The van der Waals surface area contributed by atoms with E-state index in [9.17, 15) is 22.8 Å². The number of rotatable bonds is 5. The average molecular weight is 437 g/mol. The third-order valence-corrected chi connectivity index (χ3v) is 5.51. The molecule has 3 rings (SSSR count). The Kier molecular flexibility index (Phi) is 6.04. The van der Waals surface area contributed by atoms with Crippen molar-refractivity contribution in [3.05, 3.63) is 63.3 Å². The van der Waals surface area contributed by atoms with Crippen molar-refractivity contribution in [1.29, 1.82) is 0 Å². The van der Waals surface area contributed by atoms with Gasteiger partial charge in [0.25, 0.3) is 0 Å². The molecule has 0 amide bonds. The molecule has 0 radical (unpaired) electrons. The largest absolute Gasteiger partial charge is 0.413 e. The summed E-state index contributed by atoms with van der Waals surface area (Å²) in [6.07, 6.45) is -2.50. The van der Waals surface area contributed by atoms with Gasteiger partial charge in [0.2, 0.25) is 0 Å². The predicted octanol–water partition coefficient (Wildman–Crippen LogP) is 5.79. The lowest BCUT2D eigenvalue weighted by molar-refractivity contribution is -0.120. The summed E-state index contributed by atoms with van der Waals surface area (Å²) >= 11 is 6.23. The van der Waals surface area contributed by atoms with E-state index >= 15 is 0 Å². The van der Waals surface area contributed by atoms with Crippen molar-refractivity contribution in [2.45, 2.75) is 39.3 Å². The molecule has 0 N–H and O–H groups in total. The molecule has 0 unspecified atom stereocenters. The number of allylic oxidation sites excluding steroid dienone is 4. The van der Waals surface area contributed by atoms with Gasteiger partial charge in [0.05, 0.1) is 5.69 Å². The van der Waals surface area contributed by atoms with Crippen LogP contribution < -0.4 is 0 Å². The minimum absolute atomic E-state index is 0.000383. The molecule has 1 aromatic heterocycles. The molecule has 1 aliphatic rings. The van der Waals surface area contributed by atoms with Crippen molar-refractivity contribution in [2.75, 3.05) is 0 Å². The fourth-order valence-electron chi connectivity index (χ4n) is 3.66. The molecule has 0 bridgehead atoms. The Hall–Kier alpha value is -2.67. The van der Waals surface area contributed by atoms with Gasteiger partial charge in [-0.2, -0.15) is 18.3 Å². The van der Waals surface area contributed by atoms with Crippen molar-refractivity contribution in [3.8, 4) is 11.3 Å². The lowest BCUT2D eigenvalue weighted by atomic mass is 9.87. The molecule has 4 nitrogen and oxygen atoms in total. The number of halogens is 4. The Labute approximate surface area is 177 Å². The zero-order chi connectivity index (χ0) is 22.2. The van der Waals surface area contributed by atoms with Crippen LogP contribution in [0.25, 0.3) is 11.3 Å². The van der Waals surface area contributed by atoms with Crippen molar-refractivity contribution in [1.82, 2.24) is 9.78 Å². The average Bonchev–Trinajstić information content (AvgIpc) is 3.07. The van der Waals surface area contributed by atoms with Crippen LogP contribution in [0.3, 0.4) is 0 Å². The molecule has 1 aliphatic carbocycles. The van der Waals surface area contributed by atoms with Gasteiger partial charge in [0.15, 0.2) is 11.6 Å². The van der Waals surface area contributed by atoms with Gasteiger partial charge >= 0.3 is 6.18 Å². The van der Waals surface area contributed by atoms with Crippen molar-refractivity contribution < 1.29 is 22.8 Å². The van der Waals surface area contributed by atoms with E-state index in [-0.39, 0.29) is 29.8 Å². The van der Waals surface area contributed by atoms with E-state index in [2.05, 4.69) is 5.10 Å². The number of nitrogens with zero attached hydrogens (tertiary/aromatic N) is 2. The monoisotopic (exact) mass is 436 g/mol. The summed E-state index contributed by atoms with van der Waals surface area (Å²) in [5, 5.41) is 4.53. The maximum Gasteiger partial charge on any atom is 0.413 e.